The third kappa shape index (κ3) is 3.04. The average Bonchev–Trinajstić information content (AvgIpc) is 1.67. The Kier molecular flexibility index (Phi) is 3.09. The molecule has 0 heterocycles. The molecule has 0 aromatic carbocycles. The van der Waals surface area contributed by atoms with Crippen LogP contribution < -0.4 is 0 Å². The van der Waals surface area contributed by atoms with E-state index < -0.39 is 9.80 Å². The van der Waals surface area contributed by atoms with E-state index in [9.17, 15) is 4.21 Å². The van der Waals surface area contributed by atoms with E-state index >= 15 is 0 Å². The molecule has 0 saturated carbocycles. The van der Waals surface area contributed by atoms with E-state index in [2.05, 4.69) is 10.1 Å². The van der Waals surface area contributed by atoms with Crippen LogP contribution in [0.5, 0.6) is 0 Å². The first kappa shape index (κ1) is 7.98. The molecule has 0 N–H and O–H groups in total. The molecule has 0 aliphatic heterocycles. The zero-order chi connectivity index (χ0) is 6.62. The first-order chi connectivity index (χ1) is 3.62. The Balaban J connectivity index is 3.76. The van der Waals surface area contributed by atoms with Gasteiger partial charge in [-0.25, -0.2) is 4.21 Å². The quantitative estimate of drug-likeness (QED) is 0.533. The zero-order valence-electron chi connectivity index (χ0n) is 5.35. The number of rotatable bonds is 3. The lowest BCUT2D eigenvalue weighted by molar-refractivity contribution is 0.442. The Bertz CT molecular complexity index is 135. The molecular formula is C5H12O2S. The van der Waals surface area contributed by atoms with Gasteiger partial charge in [0.15, 0.2) is 0 Å². The molecule has 0 rings (SSSR count). The van der Waals surface area contributed by atoms with Crippen LogP contribution in [0.4, 0.5) is 0 Å². The SMILES string of the molecule is C=S(=O)(CCC)OC. The van der Waals surface area contributed by atoms with Crippen molar-refractivity contribution >= 4 is 15.7 Å². The minimum atomic E-state index is -2.17. The maximum Gasteiger partial charge on any atom is 0.0768 e. The molecule has 8 heavy (non-hydrogen) atoms. The fourth-order valence-electron chi connectivity index (χ4n) is 0.394. The molecule has 0 aromatic rings. The van der Waals surface area contributed by atoms with Crippen molar-refractivity contribution in [3.63, 3.8) is 0 Å². The van der Waals surface area contributed by atoms with Gasteiger partial charge < -0.3 is 4.18 Å². The summed E-state index contributed by atoms with van der Waals surface area (Å²) in [6.45, 7) is 1.95. The van der Waals surface area contributed by atoms with E-state index in [-0.39, 0.29) is 0 Å². The molecule has 0 aliphatic rings. The Morgan fingerprint density at radius 3 is 2.38 bits per heavy atom. The summed E-state index contributed by atoms with van der Waals surface area (Å²) in [5.74, 6) is 3.94. The van der Waals surface area contributed by atoms with Gasteiger partial charge >= 0.3 is 0 Å². The van der Waals surface area contributed by atoms with E-state index in [1.54, 1.807) is 0 Å². The van der Waals surface area contributed by atoms with Crippen molar-refractivity contribution in [3.8, 4) is 0 Å². The van der Waals surface area contributed by atoms with Crippen molar-refractivity contribution in [2.75, 3.05) is 12.9 Å². The van der Waals surface area contributed by atoms with Gasteiger partial charge in [-0.3, -0.25) is 0 Å². The molecular weight excluding hydrogens is 124 g/mol. The summed E-state index contributed by atoms with van der Waals surface area (Å²) in [5.41, 5.74) is 0. The summed E-state index contributed by atoms with van der Waals surface area (Å²) in [5, 5.41) is 0. The molecule has 0 bridgehead atoms. The molecule has 0 aliphatic carbocycles. The average molecular weight is 136 g/mol. The number of hydrogen-bond donors (Lipinski definition) is 0. The Morgan fingerprint density at radius 1 is 1.75 bits per heavy atom. The Labute approximate surface area is 51.1 Å². The summed E-state index contributed by atoms with van der Waals surface area (Å²) < 4.78 is 15.4. The second-order valence-electron chi connectivity index (χ2n) is 1.61. The van der Waals surface area contributed by atoms with Gasteiger partial charge in [-0.15, -0.1) is 0 Å². The highest BCUT2D eigenvalue weighted by Crippen LogP contribution is 1.91. The van der Waals surface area contributed by atoms with Crippen LogP contribution in [0.1, 0.15) is 13.3 Å². The first-order valence-electron chi connectivity index (χ1n) is 2.53. The monoisotopic (exact) mass is 136 g/mol. The molecule has 1 unspecified atom stereocenters. The maximum atomic E-state index is 10.8. The van der Waals surface area contributed by atoms with Gasteiger partial charge in [0, 0.05) is 5.75 Å². The predicted octanol–water partition coefficient (Wildman–Crippen LogP) is 0.674. The van der Waals surface area contributed by atoms with Gasteiger partial charge in [0.2, 0.25) is 0 Å². The topological polar surface area (TPSA) is 26.3 Å². The van der Waals surface area contributed by atoms with Crippen LogP contribution in [0, 0.1) is 0 Å². The summed E-state index contributed by atoms with van der Waals surface area (Å²) in [6, 6.07) is 0. The third-order valence-corrected chi connectivity index (χ3v) is 2.46. The normalized spacial score (nSPS) is 17.8. The van der Waals surface area contributed by atoms with Gasteiger partial charge in [-0.2, -0.15) is 0 Å². The van der Waals surface area contributed by atoms with Crippen molar-refractivity contribution < 1.29 is 8.39 Å². The first-order valence-corrected chi connectivity index (χ1v) is 4.35. The molecule has 0 fully saturated rings. The highest BCUT2D eigenvalue weighted by molar-refractivity contribution is 7.95. The fourth-order valence-corrected chi connectivity index (χ4v) is 1.18. The van der Waals surface area contributed by atoms with Crippen molar-refractivity contribution in [3.05, 3.63) is 0 Å². The highest BCUT2D eigenvalue weighted by atomic mass is 32.2. The van der Waals surface area contributed by atoms with E-state index in [1.165, 1.54) is 7.11 Å². The van der Waals surface area contributed by atoms with Crippen LogP contribution in [0.2, 0.25) is 0 Å². The Hall–Kier alpha value is -0.0200. The standard InChI is InChI=1S/C5H12O2S/c1-4-5-8(3,6)7-2/h3-5H2,1-2H3. The number of hydrogen-bond acceptors (Lipinski definition) is 2. The smallest absolute Gasteiger partial charge is 0.0768 e. The lowest BCUT2D eigenvalue weighted by atomic mass is 10.6. The van der Waals surface area contributed by atoms with Gasteiger partial charge in [0.25, 0.3) is 0 Å². The molecule has 1 atom stereocenters. The molecule has 0 spiro atoms. The lowest BCUT2D eigenvalue weighted by Gasteiger charge is -2.01. The summed E-state index contributed by atoms with van der Waals surface area (Å²) >= 11 is 0. The van der Waals surface area contributed by atoms with E-state index in [1.807, 2.05) is 6.92 Å². The van der Waals surface area contributed by atoms with Crippen LogP contribution in [0.3, 0.4) is 0 Å². The van der Waals surface area contributed by atoms with Crippen molar-refractivity contribution in [1.82, 2.24) is 0 Å². The third-order valence-electron chi connectivity index (χ3n) is 0.819. The van der Waals surface area contributed by atoms with Gasteiger partial charge in [0.05, 0.1) is 16.9 Å². The Morgan fingerprint density at radius 2 is 2.25 bits per heavy atom. The largest absolute Gasteiger partial charge is 0.302 e. The fraction of sp³-hybridized carbons (Fsp3) is 0.800. The second-order valence-corrected chi connectivity index (χ2v) is 3.84. The second kappa shape index (κ2) is 3.10. The van der Waals surface area contributed by atoms with Crippen molar-refractivity contribution in [1.29, 1.82) is 0 Å². The van der Waals surface area contributed by atoms with E-state index in [4.69, 9.17) is 0 Å². The van der Waals surface area contributed by atoms with Crippen LogP contribution in [-0.2, 0) is 14.0 Å². The molecule has 0 saturated heterocycles. The van der Waals surface area contributed by atoms with Crippen LogP contribution in [0.15, 0.2) is 0 Å². The minimum absolute atomic E-state index is 0.559. The highest BCUT2D eigenvalue weighted by Gasteiger charge is 1.95. The molecule has 2 nitrogen and oxygen atoms in total. The maximum absolute atomic E-state index is 10.8. The van der Waals surface area contributed by atoms with E-state index in [0.29, 0.717) is 5.75 Å². The summed E-state index contributed by atoms with van der Waals surface area (Å²) in [7, 11) is -0.748. The van der Waals surface area contributed by atoms with Crippen LogP contribution in [-0.4, -0.2) is 22.9 Å². The van der Waals surface area contributed by atoms with Crippen LogP contribution in [0.25, 0.3) is 0 Å². The zero-order valence-corrected chi connectivity index (χ0v) is 6.16. The summed E-state index contributed by atoms with van der Waals surface area (Å²) in [4.78, 5) is 0. The molecule has 0 amide bonds. The lowest BCUT2D eigenvalue weighted by Crippen LogP contribution is -2.05. The van der Waals surface area contributed by atoms with Crippen molar-refractivity contribution in [2.45, 2.75) is 13.3 Å². The van der Waals surface area contributed by atoms with Gasteiger partial charge in [0.1, 0.15) is 0 Å². The molecule has 3 heteroatoms. The molecule has 0 radical (unpaired) electrons. The molecule has 50 valence electrons. The van der Waals surface area contributed by atoms with Crippen molar-refractivity contribution in [2.24, 2.45) is 0 Å². The summed E-state index contributed by atoms with van der Waals surface area (Å²) in [6.07, 6.45) is 0.857. The van der Waals surface area contributed by atoms with Gasteiger partial charge in [-0.1, -0.05) is 6.92 Å². The predicted molar refractivity (Wildman–Crippen MR) is 37.4 cm³/mol. The van der Waals surface area contributed by atoms with Gasteiger partial charge in [-0.05, 0) is 12.3 Å². The minimum Gasteiger partial charge on any atom is -0.302 e. The van der Waals surface area contributed by atoms with E-state index in [0.717, 1.165) is 6.42 Å². The molecule has 0 aromatic heterocycles. The van der Waals surface area contributed by atoms with Crippen LogP contribution >= 0.6 is 0 Å².